The van der Waals surface area contributed by atoms with E-state index in [1.54, 1.807) is 18.2 Å². The number of anilines is 1. The molecule has 3 aromatic rings. The number of piperidine rings is 1. The summed E-state index contributed by atoms with van der Waals surface area (Å²) in [6.45, 7) is 0.765. The van der Waals surface area contributed by atoms with Crippen molar-refractivity contribution in [1.82, 2.24) is 25.0 Å². The van der Waals surface area contributed by atoms with E-state index in [0.29, 0.717) is 33.0 Å². The van der Waals surface area contributed by atoms with Gasteiger partial charge in [0.2, 0.25) is 5.91 Å². The van der Waals surface area contributed by atoms with Gasteiger partial charge in [-0.25, -0.2) is 0 Å². The van der Waals surface area contributed by atoms with Crippen LogP contribution in [0, 0.1) is 11.8 Å². The minimum absolute atomic E-state index is 0.0295. The maximum absolute atomic E-state index is 13.6. The highest BCUT2D eigenvalue weighted by molar-refractivity contribution is 7.14. The number of rotatable bonds is 8. The molecule has 2 aliphatic rings. The molecule has 2 fully saturated rings. The van der Waals surface area contributed by atoms with Crippen LogP contribution >= 0.6 is 11.3 Å². The Bertz CT molecular complexity index is 1310. The predicted octanol–water partition coefficient (Wildman–Crippen LogP) is 3.57. The van der Waals surface area contributed by atoms with Gasteiger partial charge in [-0.1, -0.05) is 17.4 Å². The molecule has 0 radical (unpaired) electrons. The number of alkyl halides is 3. The van der Waals surface area contributed by atoms with E-state index in [-0.39, 0.29) is 18.5 Å². The molecule has 2 atom stereocenters. The molecule has 37 heavy (non-hydrogen) atoms. The van der Waals surface area contributed by atoms with Crippen LogP contribution in [-0.2, 0) is 22.7 Å². The van der Waals surface area contributed by atoms with E-state index < -0.39 is 30.5 Å². The van der Waals surface area contributed by atoms with Gasteiger partial charge in [0.15, 0.2) is 5.01 Å². The Balaban J connectivity index is 1.39. The molecule has 1 aromatic carbocycles. The van der Waals surface area contributed by atoms with E-state index in [2.05, 4.69) is 32.8 Å². The number of likely N-dealkylation sites (tertiary alicyclic amines) is 1. The van der Waals surface area contributed by atoms with Gasteiger partial charge in [-0.2, -0.15) is 13.2 Å². The minimum Gasteiger partial charge on any atom is -0.481 e. The molecule has 0 bridgehead atoms. The molecule has 9 nitrogen and oxygen atoms in total. The molecule has 0 unspecified atom stereocenters. The quantitative estimate of drug-likeness (QED) is 0.404. The minimum atomic E-state index is -4.44. The first-order valence-corrected chi connectivity index (χ1v) is 12.9. The highest BCUT2D eigenvalue weighted by atomic mass is 32.1. The number of carbonyl (C=O) groups excluding carboxylic acids is 1. The van der Waals surface area contributed by atoms with E-state index >= 15 is 0 Å². The van der Waals surface area contributed by atoms with Crippen molar-refractivity contribution in [2.24, 2.45) is 11.8 Å². The van der Waals surface area contributed by atoms with Gasteiger partial charge in [0.05, 0.1) is 29.6 Å². The second-order valence-electron chi connectivity index (χ2n) is 9.70. The molecule has 1 aliphatic heterocycles. The van der Waals surface area contributed by atoms with E-state index in [1.165, 1.54) is 4.57 Å². The summed E-state index contributed by atoms with van der Waals surface area (Å²) in [5.74, 6) is -2.60. The number of amides is 1. The summed E-state index contributed by atoms with van der Waals surface area (Å²) in [6, 6.07) is 7.25. The molecule has 1 saturated heterocycles. The Hall–Kier alpha value is -3.19. The topological polar surface area (TPSA) is 112 Å². The zero-order valence-corrected chi connectivity index (χ0v) is 20.9. The van der Waals surface area contributed by atoms with Crippen LogP contribution in [0.4, 0.5) is 18.9 Å². The van der Waals surface area contributed by atoms with E-state index in [9.17, 15) is 22.8 Å². The number of hydrogen-bond donors (Lipinski definition) is 3. The molecule has 13 heteroatoms. The zero-order chi connectivity index (χ0) is 26.3. The summed E-state index contributed by atoms with van der Waals surface area (Å²) < 4.78 is 41.9. The maximum atomic E-state index is 13.6. The molecule has 3 heterocycles. The van der Waals surface area contributed by atoms with Gasteiger partial charge >= 0.3 is 12.1 Å². The number of hydrogen-bond acceptors (Lipinski definition) is 7. The van der Waals surface area contributed by atoms with Gasteiger partial charge in [0, 0.05) is 17.1 Å². The molecule has 1 saturated carbocycles. The second kappa shape index (κ2) is 9.93. The second-order valence-corrected chi connectivity index (χ2v) is 10.8. The molecule has 1 aliphatic carbocycles. The molecular weight excluding hydrogens is 509 g/mol. The molecule has 198 valence electrons. The SMILES string of the molecule is CN1CCC(Nc2cccc3c2cc(-c2nnc(CNC(=O)[C@@H]4C[C@H]4C(=O)O)s2)n3CC(F)(F)F)CC1. The largest absolute Gasteiger partial charge is 0.481 e. The van der Waals surface area contributed by atoms with E-state index in [4.69, 9.17) is 5.11 Å². The lowest BCUT2D eigenvalue weighted by Crippen LogP contribution is -2.36. The number of aromatic nitrogens is 3. The van der Waals surface area contributed by atoms with Gasteiger partial charge in [0.1, 0.15) is 11.6 Å². The fraction of sp³-hybridized carbons (Fsp3) is 0.500. The molecule has 5 rings (SSSR count). The van der Waals surface area contributed by atoms with Crippen LogP contribution in [0.25, 0.3) is 21.6 Å². The molecule has 1 amide bonds. The monoisotopic (exact) mass is 536 g/mol. The number of carboxylic acid groups (broad SMARTS) is 1. The van der Waals surface area contributed by atoms with Crippen LogP contribution in [0.15, 0.2) is 24.3 Å². The van der Waals surface area contributed by atoms with Crippen molar-refractivity contribution in [3.8, 4) is 10.7 Å². The number of nitrogens with one attached hydrogen (secondary N) is 2. The van der Waals surface area contributed by atoms with Crippen molar-refractivity contribution in [2.75, 3.05) is 25.5 Å². The number of fused-ring (bicyclic) bond motifs is 1. The lowest BCUT2D eigenvalue weighted by atomic mass is 10.0. The highest BCUT2D eigenvalue weighted by Crippen LogP contribution is 2.39. The Kier molecular flexibility index (Phi) is 6.84. The summed E-state index contributed by atoms with van der Waals surface area (Å²) in [7, 11) is 2.07. The molecular formula is C24H27F3N6O3S. The number of halogens is 3. The third-order valence-electron chi connectivity index (χ3n) is 6.91. The number of carbonyl (C=O) groups is 2. The summed E-state index contributed by atoms with van der Waals surface area (Å²) in [5.41, 5.74) is 1.53. The summed E-state index contributed by atoms with van der Waals surface area (Å²) in [5, 5.41) is 24.7. The lowest BCUT2D eigenvalue weighted by molar-refractivity contribution is -0.140. The first-order chi connectivity index (χ1) is 17.6. The lowest BCUT2D eigenvalue weighted by Gasteiger charge is -2.30. The van der Waals surface area contributed by atoms with Crippen LogP contribution in [0.3, 0.4) is 0 Å². The van der Waals surface area contributed by atoms with Crippen molar-refractivity contribution in [3.63, 3.8) is 0 Å². The highest BCUT2D eigenvalue weighted by Gasteiger charge is 2.48. The van der Waals surface area contributed by atoms with Crippen LogP contribution in [0.2, 0.25) is 0 Å². The first-order valence-electron chi connectivity index (χ1n) is 12.1. The van der Waals surface area contributed by atoms with Gasteiger partial charge in [0.25, 0.3) is 0 Å². The standard InChI is InChI=1S/C24H27F3N6O3S/c1-32-7-5-13(6-8-32)29-17-3-2-4-18-16(17)10-19(33(18)12-24(25,26)27)22-31-30-20(37-22)11-28-21(34)14-9-15(14)23(35)36/h2-4,10,13-15,29H,5-9,11-12H2,1H3,(H,28,34)(H,35,36)/t14-,15-/m1/s1. The van der Waals surface area contributed by atoms with Crippen molar-refractivity contribution in [2.45, 2.75) is 44.6 Å². The van der Waals surface area contributed by atoms with Gasteiger partial charge in [-0.15, -0.1) is 10.2 Å². The van der Waals surface area contributed by atoms with Crippen LogP contribution in [0.1, 0.15) is 24.3 Å². The number of aliphatic carboxylic acids is 1. The summed E-state index contributed by atoms with van der Waals surface area (Å²) in [4.78, 5) is 25.4. The Morgan fingerprint density at radius 2 is 1.95 bits per heavy atom. The van der Waals surface area contributed by atoms with Gasteiger partial charge < -0.3 is 25.2 Å². The maximum Gasteiger partial charge on any atom is 0.406 e. The van der Waals surface area contributed by atoms with E-state index in [1.807, 2.05) is 6.07 Å². The van der Waals surface area contributed by atoms with Crippen molar-refractivity contribution < 1.29 is 27.9 Å². The van der Waals surface area contributed by atoms with Crippen LogP contribution in [-0.4, -0.2) is 69.0 Å². The summed E-state index contributed by atoms with van der Waals surface area (Å²) >= 11 is 1.10. The fourth-order valence-electron chi connectivity index (χ4n) is 4.79. The first kappa shape index (κ1) is 25.5. The van der Waals surface area contributed by atoms with Crippen LogP contribution < -0.4 is 10.6 Å². The Morgan fingerprint density at radius 3 is 2.62 bits per heavy atom. The molecule has 0 spiro atoms. The number of benzene rings is 1. The summed E-state index contributed by atoms with van der Waals surface area (Å²) in [6.07, 6.45) is -2.25. The number of nitrogens with zero attached hydrogens (tertiary/aromatic N) is 4. The van der Waals surface area contributed by atoms with Crippen molar-refractivity contribution in [1.29, 1.82) is 0 Å². The van der Waals surface area contributed by atoms with Crippen molar-refractivity contribution >= 4 is 39.8 Å². The Morgan fingerprint density at radius 1 is 1.19 bits per heavy atom. The zero-order valence-electron chi connectivity index (χ0n) is 20.1. The van der Waals surface area contributed by atoms with Crippen molar-refractivity contribution in [3.05, 3.63) is 29.3 Å². The smallest absolute Gasteiger partial charge is 0.406 e. The van der Waals surface area contributed by atoms with E-state index in [0.717, 1.165) is 43.0 Å². The number of carboxylic acids is 1. The average molecular weight is 537 g/mol. The van der Waals surface area contributed by atoms with Crippen LogP contribution in [0.5, 0.6) is 0 Å². The van der Waals surface area contributed by atoms with Gasteiger partial charge in [-0.3, -0.25) is 9.59 Å². The third-order valence-corrected chi connectivity index (χ3v) is 7.85. The normalized spacial score (nSPS) is 20.8. The molecule has 3 N–H and O–H groups in total. The third kappa shape index (κ3) is 5.72. The van der Waals surface area contributed by atoms with Gasteiger partial charge in [-0.05, 0) is 57.6 Å². The molecule has 2 aromatic heterocycles. The fourth-order valence-corrected chi connectivity index (χ4v) is 5.59. The average Bonchev–Trinajstić information content (AvgIpc) is 3.39. The Labute approximate surface area is 214 Å². The predicted molar refractivity (Wildman–Crippen MR) is 132 cm³/mol.